The summed E-state index contributed by atoms with van der Waals surface area (Å²) in [6.07, 6.45) is 5.24. The molecule has 2 aliphatic rings. The van der Waals surface area contributed by atoms with Crippen molar-refractivity contribution in [2.75, 3.05) is 39.3 Å². The third-order valence-electron chi connectivity index (χ3n) is 6.57. The number of rotatable bonds is 5. The van der Waals surface area contributed by atoms with Gasteiger partial charge in [-0.1, -0.05) is 20.3 Å². The third-order valence-corrected chi connectivity index (χ3v) is 6.57. The molecule has 154 valence electrons. The molecule has 0 saturated carbocycles. The molecular formula is C22H35N5O. The van der Waals surface area contributed by atoms with Gasteiger partial charge in [0.15, 0.2) is 5.65 Å². The maximum atomic E-state index is 12.5. The Kier molecular flexibility index (Phi) is 5.36. The predicted molar refractivity (Wildman–Crippen MR) is 113 cm³/mol. The van der Waals surface area contributed by atoms with Gasteiger partial charge in [-0.25, -0.2) is 9.50 Å². The van der Waals surface area contributed by atoms with E-state index in [4.69, 9.17) is 0 Å². The van der Waals surface area contributed by atoms with Gasteiger partial charge in [0.1, 0.15) is 0 Å². The lowest BCUT2D eigenvalue weighted by Gasteiger charge is -2.37. The summed E-state index contributed by atoms with van der Waals surface area (Å²) in [6.45, 7) is 15.6. The molecule has 0 amide bonds. The number of aromatic amines is 1. The first-order valence-electron chi connectivity index (χ1n) is 10.9. The van der Waals surface area contributed by atoms with Crippen LogP contribution < -0.4 is 5.56 Å². The minimum atomic E-state index is 0.0197. The summed E-state index contributed by atoms with van der Waals surface area (Å²) in [5.74, 6) is 0.451. The van der Waals surface area contributed by atoms with Crippen molar-refractivity contribution in [1.29, 1.82) is 0 Å². The van der Waals surface area contributed by atoms with Crippen LogP contribution >= 0.6 is 0 Å². The SMILES string of the molecule is Cc1nc2cc([C@H]3CCN(CC(C)(C)CN4CCCCC4)C3)[nH]n2c(=O)c1C. The molecule has 1 N–H and O–H groups in total. The average molecular weight is 386 g/mol. The quantitative estimate of drug-likeness (QED) is 0.860. The Hall–Kier alpha value is -1.66. The summed E-state index contributed by atoms with van der Waals surface area (Å²) >= 11 is 0. The van der Waals surface area contributed by atoms with Gasteiger partial charge in [-0.2, -0.15) is 0 Å². The second-order valence-electron chi connectivity index (χ2n) is 9.75. The van der Waals surface area contributed by atoms with Crippen LogP contribution in [0.2, 0.25) is 0 Å². The fourth-order valence-electron chi connectivity index (χ4n) is 5.05. The molecule has 6 nitrogen and oxygen atoms in total. The topological polar surface area (TPSA) is 56.6 Å². The van der Waals surface area contributed by atoms with Gasteiger partial charge >= 0.3 is 0 Å². The number of piperidine rings is 1. The number of nitrogens with zero attached hydrogens (tertiary/aromatic N) is 4. The highest BCUT2D eigenvalue weighted by Gasteiger charge is 2.31. The Balaban J connectivity index is 1.42. The minimum absolute atomic E-state index is 0.0197. The van der Waals surface area contributed by atoms with Crippen molar-refractivity contribution in [2.45, 2.75) is 59.3 Å². The lowest BCUT2D eigenvalue weighted by Crippen LogP contribution is -2.43. The second kappa shape index (κ2) is 7.64. The molecule has 2 aliphatic heterocycles. The largest absolute Gasteiger partial charge is 0.303 e. The van der Waals surface area contributed by atoms with Crippen LogP contribution in [0.25, 0.3) is 5.65 Å². The molecule has 4 rings (SSSR count). The highest BCUT2D eigenvalue weighted by Crippen LogP contribution is 2.30. The maximum Gasteiger partial charge on any atom is 0.275 e. The van der Waals surface area contributed by atoms with E-state index in [0.29, 0.717) is 11.3 Å². The van der Waals surface area contributed by atoms with Crippen molar-refractivity contribution in [3.05, 3.63) is 33.4 Å². The smallest absolute Gasteiger partial charge is 0.275 e. The summed E-state index contributed by atoms with van der Waals surface area (Å²) in [5.41, 5.74) is 3.75. The van der Waals surface area contributed by atoms with Gasteiger partial charge in [0.25, 0.3) is 5.56 Å². The molecule has 0 bridgehead atoms. The molecule has 0 spiro atoms. The number of aryl methyl sites for hydroxylation is 1. The van der Waals surface area contributed by atoms with Crippen molar-refractivity contribution in [1.82, 2.24) is 24.4 Å². The van der Waals surface area contributed by atoms with Crippen molar-refractivity contribution < 1.29 is 0 Å². The number of likely N-dealkylation sites (tertiary alicyclic amines) is 2. The molecule has 2 fully saturated rings. The van der Waals surface area contributed by atoms with E-state index in [1.807, 2.05) is 13.8 Å². The number of hydrogen-bond donors (Lipinski definition) is 1. The third kappa shape index (κ3) is 4.03. The Labute approximate surface area is 167 Å². The molecule has 4 heterocycles. The van der Waals surface area contributed by atoms with Crippen LogP contribution in [0.4, 0.5) is 0 Å². The van der Waals surface area contributed by atoms with Gasteiger partial charge in [-0.3, -0.25) is 9.89 Å². The molecule has 2 aromatic heterocycles. The van der Waals surface area contributed by atoms with Crippen LogP contribution in [0.1, 0.15) is 62.4 Å². The standard InChI is InChI=1S/C22H35N5O/c1-16-17(2)23-20-12-19(24-27(20)21(16)28)18-8-11-26(13-18)15-22(3,4)14-25-9-6-5-7-10-25/h12,18,24H,5-11,13-15H2,1-4H3/t18-/m0/s1. The minimum Gasteiger partial charge on any atom is -0.303 e. The van der Waals surface area contributed by atoms with Crippen LogP contribution in [0.15, 0.2) is 10.9 Å². The zero-order valence-electron chi connectivity index (χ0n) is 17.9. The van der Waals surface area contributed by atoms with Gasteiger partial charge in [0, 0.05) is 48.6 Å². The first kappa shape index (κ1) is 19.6. The van der Waals surface area contributed by atoms with E-state index in [0.717, 1.165) is 48.7 Å². The fourth-order valence-corrected chi connectivity index (χ4v) is 5.05. The van der Waals surface area contributed by atoms with Crippen molar-refractivity contribution >= 4 is 5.65 Å². The fraction of sp³-hybridized carbons (Fsp3) is 0.727. The highest BCUT2D eigenvalue weighted by molar-refractivity contribution is 5.42. The van der Waals surface area contributed by atoms with E-state index in [9.17, 15) is 4.79 Å². The molecule has 6 heteroatoms. The van der Waals surface area contributed by atoms with E-state index in [2.05, 4.69) is 39.8 Å². The van der Waals surface area contributed by atoms with E-state index in [1.165, 1.54) is 38.9 Å². The number of nitrogens with one attached hydrogen (secondary N) is 1. The van der Waals surface area contributed by atoms with Crippen LogP contribution in [-0.2, 0) is 0 Å². The molecule has 1 atom stereocenters. The Morgan fingerprint density at radius 3 is 2.57 bits per heavy atom. The van der Waals surface area contributed by atoms with E-state index >= 15 is 0 Å². The lowest BCUT2D eigenvalue weighted by atomic mass is 9.91. The summed E-state index contributed by atoms with van der Waals surface area (Å²) < 4.78 is 1.61. The van der Waals surface area contributed by atoms with Crippen LogP contribution in [0, 0.1) is 19.3 Å². The molecule has 28 heavy (non-hydrogen) atoms. The van der Waals surface area contributed by atoms with Gasteiger partial charge in [-0.15, -0.1) is 0 Å². The number of aromatic nitrogens is 3. The van der Waals surface area contributed by atoms with Crippen molar-refractivity contribution in [3.63, 3.8) is 0 Å². The molecule has 0 unspecified atom stereocenters. The van der Waals surface area contributed by atoms with Gasteiger partial charge < -0.3 is 9.80 Å². The average Bonchev–Trinajstić information content (AvgIpc) is 3.26. The summed E-state index contributed by atoms with van der Waals surface area (Å²) in [7, 11) is 0. The van der Waals surface area contributed by atoms with E-state index in [1.54, 1.807) is 4.52 Å². The zero-order chi connectivity index (χ0) is 19.9. The van der Waals surface area contributed by atoms with Crippen LogP contribution in [-0.4, -0.2) is 63.7 Å². The summed E-state index contributed by atoms with van der Waals surface area (Å²) in [4.78, 5) is 22.3. The predicted octanol–water partition coefficient (Wildman–Crippen LogP) is 2.94. The number of hydrogen-bond acceptors (Lipinski definition) is 4. The monoisotopic (exact) mass is 385 g/mol. The number of fused-ring (bicyclic) bond motifs is 1. The maximum absolute atomic E-state index is 12.5. The summed E-state index contributed by atoms with van der Waals surface area (Å²) in [5, 5.41) is 3.33. The first-order valence-corrected chi connectivity index (χ1v) is 10.9. The summed E-state index contributed by atoms with van der Waals surface area (Å²) in [6, 6.07) is 2.07. The second-order valence-corrected chi connectivity index (χ2v) is 9.75. The molecule has 0 radical (unpaired) electrons. The van der Waals surface area contributed by atoms with Crippen LogP contribution in [0.5, 0.6) is 0 Å². The molecule has 0 aromatic carbocycles. The Bertz CT molecular complexity index is 890. The van der Waals surface area contributed by atoms with Crippen molar-refractivity contribution in [3.8, 4) is 0 Å². The van der Waals surface area contributed by atoms with Gasteiger partial charge in [-0.05, 0) is 58.2 Å². The Morgan fingerprint density at radius 1 is 1.11 bits per heavy atom. The van der Waals surface area contributed by atoms with Gasteiger partial charge in [0.05, 0.1) is 0 Å². The molecule has 2 saturated heterocycles. The van der Waals surface area contributed by atoms with E-state index in [-0.39, 0.29) is 5.56 Å². The normalized spacial score (nSPS) is 22.4. The molecule has 2 aromatic rings. The molecular weight excluding hydrogens is 350 g/mol. The highest BCUT2D eigenvalue weighted by atomic mass is 16.1. The van der Waals surface area contributed by atoms with Crippen LogP contribution in [0.3, 0.4) is 0 Å². The Morgan fingerprint density at radius 2 is 1.82 bits per heavy atom. The van der Waals surface area contributed by atoms with Crippen molar-refractivity contribution in [2.24, 2.45) is 5.41 Å². The van der Waals surface area contributed by atoms with Gasteiger partial charge in [0.2, 0.25) is 0 Å². The first-order chi connectivity index (χ1) is 13.3. The zero-order valence-corrected chi connectivity index (χ0v) is 17.9. The van der Waals surface area contributed by atoms with E-state index < -0.39 is 0 Å². The molecule has 0 aliphatic carbocycles. The lowest BCUT2D eigenvalue weighted by molar-refractivity contribution is 0.117. The number of H-pyrrole nitrogens is 1.